The molecule has 6 nitrogen and oxygen atoms in total. The second-order valence-electron chi connectivity index (χ2n) is 7.88. The normalized spacial score (nSPS) is 24.3. The molecule has 0 unspecified atom stereocenters. The lowest BCUT2D eigenvalue weighted by molar-refractivity contribution is 0.0841. The van der Waals surface area contributed by atoms with E-state index < -0.39 is 0 Å². The first-order chi connectivity index (χ1) is 14.1. The molecule has 156 valence electrons. The molecule has 0 saturated carbocycles. The SMILES string of the molecule is COCCn1c(C)cc([C@@H]2[C@H](c3ccccn3)NC(=S)N2C[C@@H]2CCCO2)c1C. The molecule has 4 heterocycles. The van der Waals surface area contributed by atoms with Gasteiger partial charge in [0.25, 0.3) is 0 Å². The number of thiocarbonyl (C=S) groups is 1. The molecule has 0 bridgehead atoms. The summed E-state index contributed by atoms with van der Waals surface area (Å²) in [4.78, 5) is 6.95. The van der Waals surface area contributed by atoms with Gasteiger partial charge in [-0.25, -0.2) is 0 Å². The Hall–Kier alpha value is -1.96. The number of hydrogen-bond acceptors (Lipinski definition) is 4. The molecule has 0 amide bonds. The highest BCUT2D eigenvalue weighted by molar-refractivity contribution is 7.80. The Balaban J connectivity index is 1.72. The van der Waals surface area contributed by atoms with E-state index >= 15 is 0 Å². The van der Waals surface area contributed by atoms with Crippen molar-refractivity contribution in [2.75, 3.05) is 26.9 Å². The number of methoxy groups -OCH3 is 1. The van der Waals surface area contributed by atoms with E-state index in [1.165, 1.54) is 17.0 Å². The highest BCUT2D eigenvalue weighted by Gasteiger charge is 2.42. The van der Waals surface area contributed by atoms with Gasteiger partial charge in [-0.2, -0.15) is 0 Å². The van der Waals surface area contributed by atoms with Gasteiger partial charge in [0.2, 0.25) is 0 Å². The van der Waals surface area contributed by atoms with Crippen LogP contribution in [0, 0.1) is 13.8 Å². The van der Waals surface area contributed by atoms with Crippen LogP contribution < -0.4 is 5.32 Å². The third kappa shape index (κ3) is 4.04. The monoisotopic (exact) mass is 414 g/mol. The van der Waals surface area contributed by atoms with Crippen molar-refractivity contribution in [3.8, 4) is 0 Å². The zero-order valence-corrected chi connectivity index (χ0v) is 18.2. The molecule has 0 spiro atoms. The van der Waals surface area contributed by atoms with E-state index in [9.17, 15) is 0 Å². The Labute approximate surface area is 178 Å². The van der Waals surface area contributed by atoms with Crippen molar-refractivity contribution in [3.05, 3.63) is 53.1 Å². The predicted octanol–water partition coefficient (Wildman–Crippen LogP) is 3.30. The fraction of sp³-hybridized carbons (Fsp3) is 0.545. The summed E-state index contributed by atoms with van der Waals surface area (Å²) in [5, 5.41) is 4.33. The maximum atomic E-state index is 5.93. The molecule has 1 N–H and O–H groups in total. The molecule has 2 aromatic heterocycles. The van der Waals surface area contributed by atoms with Gasteiger partial charge in [0.1, 0.15) is 0 Å². The quantitative estimate of drug-likeness (QED) is 0.702. The molecule has 2 fully saturated rings. The van der Waals surface area contributed by atoms with Gasteiger partial charge in [-0.15, -0.1) is 0 Å². The Kier molecular flexibility index (Phi) is 6.18. The van der Waals surface area contributed by atoms with Crippen molar-refractivity contribution >= 4 is 17.3 Å². The topological polar surface area (TPSA) is 51.5 Å². The molecule has 2 aromatic rings. The molecule has 0 aliphatic carbocycles. The molecular formula is C22H30N4O2S. The minimum absolute atomic E-state index is 0.0153. The third-order valence-electron chi connectivity index (χ3n) is 6.07. The molecule has 2 saturated heterocycles. The number of hydrogen-bond donors (Lipinski definition) is 1. The highest BCUT2D eigenvalue weighted by atomic mass is 32.1. The van der Waals surface area contributed by atoms with Crippen LogP contribution in [0.5, 0.6) is 0 Å². The van der Waals surface area contributed by atoms with Crippen LogP contribution in [0.15, 0.2) is 30.5 Å². The summed E-state index contributed by atoms with van der Waals surface area (Å²) in [5.41, 5.74) is 4.80. The van der Waals surface area contributed by atoms with Crippen molar-refractivity contribution in [2.45, 2.75) is 51.4 Å². The average molecular weight is 415 g/mol. The zero-order chi connectivity index (χ0) is 20.4. The summed E-state index contributed by atoms with van der Waals surface area (Å²) < 4.78 is 13.6. The number of pyridine rings is 1. The van der Waals surface area contributed by atoms with E-state index in [4.69, 9.17) is 21.7 Å². The van der Waals surface area contributed by atoms with Crippen molar-refractivity contribution in [2.24, 2.45) is 0 Å². The van der Waals surface area contributed by atoms with E-state index in [0.717, 1.165) is 43.3 Å². The lowest BCUT2D eigenvalue weighted by atomic mass is 9.96. The number of aromatic nitrogens is 2. The van der Waals surface area contributed by atoms with E-state index in [-0.39, 0.29) is 18.2 Å². The second kappa shape index (κ2) is 8.81. The standard InChI is InChI=1S/C22H30N4O2S/c1-15-13-18(16(2)25(15)10-12-27-3)21-20(19-8-4-5-9-23-19)24-22(29)26(21)14-17-7-6-11-28-17/h4-5,8-9,13,17,20-21H,6-7,10-12,14H2,1-3H3,(H,24,29)/t17-,20-,21+/m0/s1. The lowest BCUT2D eigenvalue weighted by Gasteiger charge is -2.30. The second-order valence-corrected chi connectivity index (χ2v) is 8.27. The molecule has 2 aliphatic rings. The molecule has 4 rings (SSSR count). The molecule has 0 aromatic carbocycles. The Bertz CT molecular complexity index is 848. The molecule has 0 radical (unpaired) electrons. The van der Waals surface area contributed by atoms with Crippen molar-refractivity contribution < 1.29 is 9.47 Å². The van der Waals surface area contributed by atoms with Crippen LogP contribution in [0.25, 0.3) is 0 Å². The molecule has 7 heteroatoms. The highest BCUT2D eigenvalue weighted by Crippen LogP contribution is 2.41. The molecule has 29 heavy (non-hydrogen) atoms. The summed E-state index contributed by atoms with van der Waals surface area (Å²) in [6, 6.07) is 8.46. The fourth-order valence-corrected chi connectivity index (χ4v) is 4.92. The summed E-state index contributed by atoms with van der Waals surface area (Å²) >= 11 is 5.79. The van der Waals surface area contributed by atoms with Crippen LogP contribution in [0.4, 0.5) is 0 Å². The van der Waals surface area contributed by atoms with Crippen LogP contribution in [-0.4, -0.2) is 52.5 Å². The van der Waals surface area contributed by atoms with E-state index in [1.807, 2.05) is 18.3 Å². The number of nitrogens with one attached hydrogen (secondary N) is 1. The van der Waals surface area contributed by atoms with Crippen LogP contribution in [0.2, 0.25) is 0 Å². The number of aryl methyl sites for hydroxylation is 1. The van der Waals surface area contributed by atoms with Gasteiger partial charge in [-0.05, 0) is 62.7 Å². The minimum atomic E-state index is 0.0153. The molecule has 2 aliphatic heterocycles. The Morgan fingerprint density at radius 1 is 1.34 bits per heavy atom. The average Bonchev–Trinajstić information content (AvgIpc) is 3.42. The van der Waals surface area contributed by atoms with Gasteiger partial charge >= 0.3 is 0 Å². The van der Waals surface area contributed by atoms with Gasteiger partial charge < -0.3 is 24.3 Å². The summed E-state index contributed by atoms with van der Waals surface area (Å²) in [5.74, 6) is 0. The third-order valence-corrected chi connectivity index (χ3v) is 6.42. The first-order valence-electron chi connectivity index (χ1n) is 10.4. The first kappa shape index (κ1) is 20.3. The van der Waals surface area contributed by atoms with Crippen LogP contribution >= 0.6 is 12.2 Å². The van der Waals surface area contributed by atoms with Crippen molar-refractivity contribution in [1.29, 1.82) is 0 Å². The number of rotatable bonds is 7. The number of ether oxygens (including phenoxy) is 2. The van der Waals surface area contributed by atoms with Gasteiger partial charge in [0.15, 0.2) is 5.11 Å². The largest absolute Gasteiger partial charge is 0.383 e. The van der Waals surface area contributed by atoms with Crippen LogP contribution in [0.3, 0.4) is 0 Å². The first-order valence-corrected chi connectivity index (χ1v) is 10.8. The lowest BCUT2D eigenvalue weighted by Crippen LogP contribution is -2.36. The van der Waals surface area contributed by atoms with Gasteiger partial charge in [0, 0.05) is 44.4 Å². The van der Waals surface area contributed by atoms with Gasteiger partial charge in [-0.1, -0.05) is 6.07 Å². The summed E-state index contributed by atoms with van der Waals surface area (Å²) in [6.45, 7) is 7.55. The minimum Gasteiger partial charge on any atom is -0.383 e. The predicted molar refractivity (Wildman–Crippen MR) is 117 cm³/mol. The van der Waals surface area contributed by atoms with E-state index in [2.05, 4.69) is 45.7 Å². The van der Waals surface area contributed by atoms with Crippen LogP contribution in [0.1, 0.15) is 47.6 Å². The Morgan fingerprint density at radius 3 is 2.90 bits per heavy atom. The zero-order valence-electron chi connectivity index (χ0n) is 17.4. The smallest absolute Gasteiger partial charge is 0.170 e. The summed E-state index contributed by atoms with van der Waals surface area (Å²) in [6.07, 6.45) is 4.30. The van der Waals surface area contributed by atoms with Gasteiger partial charge in [0.05, 0.1) is 30.5 Å². The van der Waals surface area contributed by atoms with E-state index in [1.54, 1.807) is 7.11 Å². The van der Waals surface area contributed by atoms with Crippen LogP contribution in [-0.2, 0) is 16.0 Å². The fourth-order valence-electron chi connectivity index (χ4n) is 4.60. The maximum absolute atomic E-state index is 5.93. The molecule has 3 atom stereocenters. The number of nitrogens with zero attached hydrogens (tertiary/aromatic N) is 3. The maximum Gasteiger partial charge on any atom is 0.170 e. The van der Waals surface area contributed by atoms with E-state index in [0.29, 0.717) is 6.61 Å². The van der Waals surface area contributed by atoms with Crippen molar-refractivity contribution in [3.63, 3.8) is 0 Å². The molecular weight excluding hydrogens is 384 g/mol. The Morgan fingerprint density at radius 2 is 2.21 bits per heavy atom. The summed E-state index contributed by atoms with van der Waals surface area (Å²) in [7, 11) is 1.74. The van der Waals surface area contributed by atoms with Gasteiger partial charge in [-0.3, -0.25) is 4.98 Å². The van der Waals surface area contributed by atoms with Crippen molar-refractivity contribution in [1.82, 2.24) is 19.8 Å².